The maximum absolute atomic E-state index is 12.3. The van der Waals surface area contributed by atoms with Gasteiger partial charge in [0.25, 0.3) is 5.91 Å². The highest BCUT2D eigenvalue weighted by atomic mass is 32.2. The monoisotopic (exact) mass is 367 g/mol. The van der Waals surface area contributed by atoms with Crippen LogP contribution in [0.2, 0.25) is 0 Å². The smallest absolute Gasteiger partial charge is 0.255 e. The van der Waals surface area contributed by atoms with Crippen molar-refractivity contribution in [2.45, 2.75) is 11.4 Å². The van der Waals surface area contributed by atoms with E-state index in [2.05, 4.69) is 15.0 Å². The average Bonchev–Trinajstić information content (AvgIpc) is 2.68. The number of carbonyl (C=O) groups excluding carboxylic acids is 1. The number of carbonyl (C=O) groups is 1. The summed E-state index contributed by atoms with van der Waals surface area (Å²) in [6, 6.07) is 20.1. The van der Waals surface area contributed by atoms with E-state index >= 15 is 0 Å². The van der Waals surface area contributed by atoms with Crippen molar-refractivity contribution in [1.29, 1.82) is 0 Å². The molecule has 7 heteroatoms. The lowest BCUT2D eigenvalue weighted by Gasteiger charge is -2.08. The van der Waals surface area contributed by atoms with Crippen LogP contribution in [0.15, 0.2) is 83.9 Å². The Labute approximate surface area is 152 Å². The van der Waals surface area contributed by atoms with Crippen molar-refractivity contribution in [3.8, 4) is 0 Å². The van der Waals surface area contributed by atoms with Gasteiger partial charge in [0.05, 0.1) is 17.1 Å². The second-order valence-electron chi connectivity index (χ2n) is 5.49. The van der Waals surface area contributed by atoms with E-state index in [9.17, 15) is 13.2 Å². The molecule has 0 fully saturated rings. The zero-order valence-corrected chi connectivity index (χ0v) is 14.6. The van der Waals surface area contributed by atoms with E-state index in [-0.39, 0.29) is 17.3 Å². The van der Waals surface area contributed by atoms with Crippen molar-refractivity contribution in [1.82, 2.24) is 9.71 Å². The predicted molar refractivity (Wildman–Crippen MR) is 99.1 cm³/mol. The molecule has 2 N–H and O–H groups in total. The van der Waals surface area contributed by atoms with E-state index in [4.69, 9.17) is 0 Å². The number of nitrogens with one attached hydrogen (secondary N) is 2. The van der Waals surface area contributed by atoms with Crippen molar-refractivity contribution in [2.24, 2.45) is 0 Å². The fourth-order valence-corrected chi connectivity index (χ4v) is 3.26. The van der Waals surface area contributed by atoms with Gasteiger partial charge in [0.2, 0.25) is 10.0 Å². The molecule has 6 nitrogen and oxygen atoms in total. The first-order valence-electron chi connectivity index (χ1n) is 7.91. The lowest BCUT2D eigenvalue weighted by atomic mass is 10.2. The Morgan fingerprint density at radius 2 is 1.58 bits per heavy atom. The van der Waals surface area contributed by atoms with Crippen LogP contribution in [0, 0.1) is 0 Å². The van der Waals surface area contributed by atoms with E-state index < -0.39 is 10.0 Å². The summed E-state index contributed by atoms with van der Waals surface area (Å²) in [4.78, 5) is 16.4. The van der Waals surface area contributed by atoms with Crippen LogP contribution >= 0.6 is 0 Å². The molecule has 0 aliphatic carbocycles. The van der Waals surface area contributed by atoms with E-state index in [0.717, 1.165) is 0 Å². The van der Waals surface area contributed by atoms with Gasteiger partial charge in [-0.15, -0.1) is 0 Å². The van der Waals surface area contributed by atoms with Gasteiger partial charge in [-0.2, -0.15) is 0 Å². The van der Waals surface area contributed by atoms with Crippen molar-refractivity contribution in [2.75, 3.05) is 5.32 Å². The van der Waals surface area contributed by atoms with Gasteiger partial charge in [-0.25, -0.2) is 13.1 Å². The molecule has 26 heavy (non-hydrogen) atoms. The molecule has 1 heterocycles. The summed E-state index contributed by atoms with van der Waals surface area (Å²) in [5, 5.41) is 2.75. The standard InChI is InChI=1S/C19H17N3O3S/c23-19(22-16-6-2-1-3-7-16)15-9-11-18(12-10-15)26(24,25)21-14-17-8-4-5-13-20-17/h1-13,21H,14H2,(H,22,23). The van der Waals surface area contributed by atoms with Gasteiger partial charge in [-0.05, 0) is 48.5 Å². The normalized spacial score (nSPS) is 11.1. The van der Waals surface area contributed by atoms with Gasteiger partial charge < -0.3 is 5.32 Å². The van der Waals surface area contributed by atoms with Crippen LogP contribution in [0.3, 0.4) is 0 Å². The molecule has 3 rings (SSSR count). The van der Waals surface area contributed by atoms with Gasteiger partial charge in [-0.3, -0.25) is 9.78 Å². The van der Waals surface area contributed by atoms with Crippen LogP contribution in [-0.2, 0) is 16.6 Å². The van der Waals surface area contributed by atoms with Gasteiger partial charge >= 0.3 is 0 Å². The number of sulfonamides is 1. The van der Waals surface area contributed by atoms with E-state index in [1.54, 1.807) is 36.5 Å². The topological polar surface area (TPSA) is 88.2 Å². The van der Waals surface area contributed by atoms with Gasteiger partial charge in [0.1, 0.15) is 0 Å². The molecule has 132 valence electrons. The SMILES string of the molecule is O=C(Nc1ccccc1)c1ccc(S(=O)(=O)NCc2ccccn2)cc1. The van der Waals surface area contributed by atoms with Crippen molar-refractivity contribution >= 4 is 21.6 Å². The number of aromatic nitrogens is 1. The summed E-state index contributed by atoms with van der Waals surface area (Å²) in [7, 11) is -3.68. The molecule has 0 aliphatic rings. The number of para-hydroxylation sites is 1. The van der Waals surface area contributed by atoms with Gasteiger partial charge in [-0.1, -0.05) is 24.3 Å². The fraction of sp³-hybridized carbons (Fsp3) is 0.0526. The summed E-state index contributed by atoms with van der Waals surface area (Å²) in [6.45, 7) is 0.0966. The summed E-state index contributed by atoms with van der Waals surface area (Å²) in [6.07, 6.45) is 1.60. The van der Waals surface area contributed by atoms with E-state index in [1.807, 2.05) is 18.2 Å². The number of nitrogens with zero attached hydrogens (tertiary/aromatic N) is 1. The van der Waals surface area contributed by atoms with Crippen molar-refractivity contribution in [3.05, 3.63) is 90.3 Å². The maximum atomic E-state index is 12.3. The molecular formula is C19H17N3O3S. The second kappa shape index (κ2) is 7.90. The molecule has 0 bridgehead atoms. The van der Waals surface area contributed by atoms with Gasteiger partial charge in [0.15, 0.2) is 0 Å². The van der Waals surface area contributed by atoms with E-state index in [1.165, 1.54) is 24.3 Å². The van der Waals surface area contributed by atoms with Crippen LogP contribution in [0.1, 0.15) is 16.1 Å². The Kier molecular flexibility index (Phi) is 5.40. The predicted octanol–water partition coefficient (Wildman–Crippen LogP) is 2.81. The third-order valence-electron chi connectivity index (χ3n) is 3.63. The lowest BCUT2D eigenvalue weighted by molar-refractivity contribution is 0.102. The maximum Gasteiger partial charge on any atom is 0.255 e. The molecule has 0 atom stereocenters. The number of hydrogen-bond acceptors (Lipinski definition) is 4. The second-order valence-corrected chi connectivity index (χ2v) is 7.26. The average molecular weight is 367 g/mol. The molecule has 0 aliphatic heterocycles. The van der Waals surface area contributed by atoms with Crippen LogP contribution in [0.4, 0.5) is 5.69 Å². The molecule has 0 saturated carbocycles. The van der Waals surface area contributed by atoms with Crippen LogP contribution < -0.4 is 10.0 Å². The molecule has 0 spiro atoms. The molecule has 0 radical (unpaired) electrons. The Hall–Kier alpha value is -3.03. The highest BCUT2D eigenvalue weighted by Gasteiger charge is 2.15. The molecule has 1 aromatic heterocycles. The molecule has 2 aromatic carbocycles. The van der Waals surface area contributed by atoms with Crippen LogP contribution in [0.25, 0.3) is 0 Å². The van der Waals surface area contributed by atoms with Crippen molar-refractivity contribution < 1.29 is 13.2 Å². The number of anilines is 1. The first kappa shape index (κ1) is 17.8. The Morgan fingerprint density at radius 1 is 0.885 bits per heavy atom. The quantitative estimate of drug-likeness (QED) is 0.701. The largest absolute Gasteiger partial charge is 0.322 e. The van der Waals surface area contributed by atoms with E-state index in [0.29, 0.717) is 16.9 Å². The number of rotatable bonds is 6. The summed E-state index contributed by atoms with van der Waals surface area (Å²) in [5.41, 5.74) is 1.67. The summed E-state index contributed by atoms with van der Waals surface area (Å²) in [5.74, 6) is -0.304. The number of pyridine rings is 1. The van der Waals surface area contributed by atoms with Crippen LogP contribution in [-0.4, -0.2) is 19.3 Å². The molecule has 0 saturated heterocycles. The molecule has 0 unspecified atom stereocenters. The van der Waals surface area contributed by atoms with Crippen molar-refractivity contribution in [3.63, 3.8) is 0 Å². The number of hydrogen-bond donors (Lipinski definition) is 2. The van der Waals surface area contributed by atoms with Crippen LogP contribution in [0.5, 0.6) is 0 Å². The zero-order valence-electron chi connectivity index (χ0n) is 13.8. The minimum absolute atomic E-state index is 0.0877. The minimum atomic E-state index is -3.68. The minimum Gasteiger partial charge on any atom is -0.322 e. The highest BCUT2D eigenvalue weighted by molar-refractivity contribution is 7.89. The Morgan fingerprint density at radius 3 is 2.23 bits per heavy atom. The first-order chi connectivity index (χ1) is 12.5. The fourth-order valence-electron chi connectivity index (χ4n) is 2.27. The molecule has 3 aromatic rings. The van der Waals surface area contributed by atoms with Gasteiger partial charge in [0, 0.05) is 17.4 Å². The summed E-state index contributed by atoms with van der Waals surface area (Å²) >= 11 is 0. The zero-order chi connectivity index (χ0) is 18.4. The molecular weight excluding hydrogens is 350 g/mol. The third kappa shape index (κ3) is 4.53. The summed E-state index contributed by atoms with van der Waals surface area (Å²) < 4.78 is 27.2. The Balaban J connectivity index is 1.67. The Bertz CT molecular complexity index is 974. The number of amides is 1. The number of benzene rings is 2. The lowest BCUT2D eigenvalue weighted by Crippen LogP contribution is -2.23. The third-order valence-corrected chi connectivity index (χ3v) is 5.05. The first-order valence-corrected chi connectivity index (χ1v) is 9.39. The highest BCUT2D eigenvalue weighted by Crippen LogP contribution is 2.13. The molecule has 1 amide bonds.